The smallest absolute Gasteiger partial charge is 0.223 e. The summed E-state index contributed by atoms with van der Waals surface area (Å²) >= 11 is 0. The van der Waals surface area contributed by atoms with Crippen LogP contribution >= 0.6 is 0 Å². The molecule has 2 atom stereocenters. The molecule has 0 aromatic rings. The van der Waals surface area contributed by atoms with Gasteiger partial charge < -0.3 is 19.7 Å². The van der Waals surface area contributed by atoms with Crippen LogP contribution in [0.4, 0.5) is 0 Å². The van der Waals surface area contributed by atoms with Crippen molar-refractivity contribution in [1.29, 1.82) is 0 Å². The number of hydrogen-bond donors (Lipinski definition) is 1. The summed E-state index contributed by atoms with van der Waals surface area (Å²) in [7, 11) is 0. The van der Waals surface area contributed by atoms with E-state index in [1.807, 2.05) is 0 Å². The Balaban J connectivity index is 1.55. The van der Waals surface area contributed by atoms with Gasteiger partial charge in [-0.05, 0) is 51.6 Å². The fraction of sp³-hybridized carbons (Fsp3) is 0.944. The molecule has 0 aromatic heterocycles. The Morgan fingerprint density at radius 1 is 1.26 bits per heavy atom. The molecular weight excluding hydrogens is 292 g/mol. The molecule has 5 nitrogen and oxygen atoms in total. The standard InChI is InChI=1S/C18H34N2O3/c1-14(2)15(3)19-18(21)16-6-8-20(9-7-16)10-12-22-13-17-5-4-11-23-17/h14-17H,4-13H2,1-3H3,(H,19,21). The van der Waals surface area contributed by atoms with Crippen molar-refractivity contribution in [1.82, 2.24) is 10.2 Å². The van der Waals surface area contributed by atoms with Crippen LogP contribution in [0.3, 0.4) is 0 Å². The lowest BCUT2D eigenvalue weighted by molar-refractivity contribution is -0.127. The average molecular weight is 326 g/mol. The van der Waals surface area contributed by atoms with Crippen LogP contribution in [0.1, 0.15) is 46.5 Å². The molecular formula is C18H34N2O3. The minimum absolute atomic E-state index is 0.181. The van der Waals surface area contributed by atoms with E-state index in [0.29, 0.717) is 12.0 Å². The molecule has 2 saturated heterocycles. The van der Waals surface area contributed by atoms with Gasteiger partial charge in [0.05, 0.1) is 19.3 Å². The van der Waals surface area contributed by atoms with E-state index in [-0.39, 0.29) is 17.9 Å². The number of hydrogen-bond acceptors (Lipinski definition) is 4. The summed E-state index contributed by atoms with van der Waals surface area (Å²) in [5, 5.41) is 3.15. The highest BCUT2D eigenvalue weighted by molar-refractivity contribution is 5.79. The van der Waals surface area contributed by atoms with Gasteiger partial charge in [0.2, 0.25) is 5.91 Å². The van der Waals surface area contributed by atoms with E-state index >= 15 is 0 Å². The first-order valence-electron chi connectivity index (χ1n) is 9.28. The van der Waals surface area contributed by atoms with Crippen molar-refractivity contribution >= 4 is 5.91 Å². The van der Waals surface area contributed by atoms with Gasteiger partial charge >= 0.3 is 0 Å². The molecule has 0 radical (unpaired) electrons. The van der Waals surface area contributed by atoms with Gasteiger partial charge in [0.25, 0.3) is 0 Å². The quantitative estimate of drug-likeness (QED) is 0.694. The molecule has 0 aromatic carbocycles. The molecule has 2 aliphatic rings. The van der Waals surface area contributed by atoms with Crippen molar-refractivity contribution in [2.75, 3.05) is 39.5 Å². The first kappa shape index (κ1) is 18.7. The normalized spacial score (nSPS) is 25.0. The molecule has 134 valence electrons. The predicted molar refractivity (Wildman–Crippen MR) is 91.4 cm³/mol. The largest absolute Gasteiger partial charge is 0.377 e. The lowest BCUT2D eigenvalue weighted by Crippen LogP contribution is -2.45. The highest BCUT2D eigenvalue weighted by atomic mass is 16.5. The van der Waals surface area contributed by atoms with Gasteiger partial charge in [0.15, 0.2) is 0 Å². The van der Waals surface area contributed by atoms with Crippen LogP contribution < -0.4 is 5.32 Å². The van der Waals surface area contributed by atoms with Crippen LogP contribution in [0.5, 0.6) is 0 Å². The van der Waals surface area contributed by atoms with Gasteiger partial charge in [-0.3, -0.25) is 4.79 Å². The second kappa shape index (κ2) is 9.60. The van der Waals surface area contributed by atoms with E-state index in [2.05, 4.69) is 31.0 Å². The van der Waals surface area contributed by atoms with Crippen LogP contribution in [0.25, 0.3) is 0 Å². The van der Waals surface area contributed by atoms with Crippen LogP contribution in [-0.4, -0.2) is 62.4 Å². The predicted octanol–water partition coefficient (Wildman–Crippen LogP) is 2.05. The van der Waals surface area contributed by atoms with Gasteiger partial charge in [-0.1, -0.05) is 13.8 Å². The van der Waals surface area contributed by atoms with Gasteiger partial charge in [-0.2, -0.15) is 0 Å². The third-order valence-corrected chi connectivity index (χ3v) is 5.21. The van der Waals surface area contributed by atoms with E-state index in [9.17, 15) is 4.79 Å². The van der Waals surface area contributed by atoms with Crippen LogP contribution in [-0.2, 0) is 14.3 Å². The minimum Gasteiger partial charge on any atom is -0.377 e. The number of nitrogens with zero attached hydrogens (tertiary/aromatic N) is 1. The zero-order valence-electron chi connectivity index (χ0n) is 15.1. The molecule has 1 amide bonds. The zero-order chi connectivity index (χ0) is 16.7. The maximum atomic E-state index is 12.3. The monoisotopic (exact) mass is 326 g/mol. The van der Waals surface area contributed by atoms with Gasteiger partial charge in [-0.25, -0.2) is 0 Å². The van der Waals surface area contributed by atoms with E-state index < -0.39 is 0 Å². The Labute approximate surface area is 141 Å². The molecule has 0 spiro atoms. The van der Waals surface area contributed by atoms with Crippen LogP contribution in [0.15, 0.2) is 0 Å². The molecule has 2 aliphatic heterocycles. The summed E-state index contributed by atoms with van der Waals surface area (Å²) in [6.45, 7) is 11.7. The third kappa shape index (κ3) is 6.40. The maximum absolute atomic E-state index is 12.3. The van der Waals surface area contributed by atoms with Crippen molar-refractivity contribution < 1.29 is 14.3 Å². The van der Waals surface area contributed by atoms with Gasteiger partial charge in [-0.15, -0.1) is 0 Å². The molecule has 2 heterocycles. The van der Waals surface area contributed by atoms with Crippen molar-refractivity contribution in [2.45, 2.75) is 58.6 Å². The number of carbonyl (C=O) groups is 1. The Morgan fingerprint density at radius 2 is 2.00 bits per heavy atom. The molecule has 2 fully saturated rings. The van der Waals surface area contributed by atoms with Crippen LogP contribution in [0, 0.1) is 11.8 Å². The van der Waals surface area contributed by atoms with E-state index in [0.717, 1.165) is 58.7 Å². The second-order valence-corrected chi connectivity index (χ2v) is 7.37. The number of piperidine rings is 1. The number of carbonyl (C=O) groups excluding carboxylic acids is 1. The number of nitrogens with one attached hydrogen (secondary N) is 1. The Morgan fingerprint density at radius 3 is 2.61 bits per heavy atom. The number of amides is 1. The van der Waals surface area contributed by atoms with E-state index in [1.54, 1.807) is 0 Å². The summed E-state index contributed by atoms with van der Waals surface area (Å²) in [6.07, 6.45) is 4.53. The number of ether oxygens (including phenoxy) is 2. The first-order valence-corrected chi connectivity index (χ1v) is 9.28. The van der Waals surface area contributed by atoms with E-state index in [1.165, 1.54) is 6.42 Å². The lowest BCUT2D eigenvalue weighted by Gasteiger charge is -2.32. The molecule has 23 heavy (non-hydrogen) atoms. The highest BCUT2D eigenvalue weighted by Crippen LogP contribution is 2.18. The maximum Gasteiger partial charge on any atom is 0.223 e. The highest BCUT2D eigenvalue weighted by Gasteiger charge is 2.26. The lowest BCUT2D eigenvalue weighted by atomic mass is 9.95. The topological polar surface area (TPSA) is 50.8 Å². The Kier molecular flexibility index (Phi) is 7.80. The van der Waals surface area contributed by atoms with Crippen LogP contribution in [0.2, 0.25) is 0 Å². The van der Waals surface area contributed by atoms with Crippen molar-refractivity contribution in [3.05, 3.63) is 0 Å². The molecule has 2 rings (SSSR count). The summed E-state index contributed by atoms with van der Waals surface area (Å²) in [5.41, 5.74) is 0. The zero-order valence-corrected chi connectivity index (χ0v) is 15.1. The molecule has 0 aliphatic carbocycles. The Bertz CT molecular complexity index is 348. The van der Waals surface area contributed by atoms with Crippen molar-refractivity contribution in [3.8, 4) is 0 Å². The second-order valence-electron chi connectivity index (χ2n) is 7.37. The fourth-order valence-electron chi connectivity index (χ4n) is 3.11. The van der Waals surface area contributed by atoms with Crippen molar-refractivity contribution in [2.24, 2.45) is 11.8 Å². The molecule has 1 N–H and O–H groups in total. The fourth-order valence-corrected chi connectivity index (χ4v) is 3.11. The first-order chi connectivity index (χ1) is 11.1. The van der Waals surface area contributed by atoms with Gasteiger partial charge in [0.1, 0.15) is 0 Å². The molecule has 5 heteroatoms. The summed E-state index contributed by atoms with van der Waals surface area (Å²) < 4.78 is 11.3. The molecule has 0 saturated carbocycles. The average Bonchev–Trinajstić information content (AvgIpc) is 3.05. The minimum atomic E-state index is 0.181. The van der Waals surface area contributed by atoms with Gasteiger partial charge in [0, 0.05) is 25.1 Å². The van der Waals surface area contributed by atoms with E-state index in [4.69, 9.17) is 9.47 Å². The molecule has 0 bridgehead atoms. The number of likely N-dealkylation sites (tertiary alicyclic amines) is 1. The summed E-state index contributed by atoms with van der Waals surface area (Å²) in [4.78, 5) is 14.7. The SMILES string of the molecule is CC(C)C(C)NC(=O)C1CCN(CCOCC2CCCO2)CC1. The summed E-state index contributed by atoms with van der Waals surface area (Å²) in [6, 6.07) is 0.256. The Hall–Kier alpha value is -0.650. The third-order valence-electron chi connectivity index (χ3n) is 5.21. The summed E-state index contributed by atoms with van der Waals surface area (Å²) in [5.74, 6) is 0.903. The number of rotatable bonds is 8. The molecule has 2 unspecified atom stereocenters. The van der Waals surface area contributed by atoms with Crippen molar-refractivity contribution in [3.63, 3.8) is 0 Å².